The standard InChI is InChI=1S/C18H27FN2/c1-3-17(2)14-21(12-15-7-6-8-16(19)11-15)18(13-20-17)9-4-5-10-18/h6-8,11,20H,3-5,9-10,12-14H2,1-2H3. The summed E-state index contributed by atoms with van der Waals surface area (Å²) < 4.78 is 13.5. The van der Waals surface area contributed by atoms with Crippen LogP contribution in [0.1, 0.15) is 51.5 Å². The molecule has 0 aromatic heterocycles. The molecule has 1 N–H and O–H groups in total. The van der Waals surface area contributed by atoms with Crippen molar-refractivity contribution >= 4 is 0 Å². The highest BCUT2D eigenvalue weighted by Gasteiger charge is 2.46. The molecule has 1 saturated heterocycles. The third-order valence-electron chi connectivity index (χ3n) is 5.63. The Balaban J connectivity index is 1.83. The second-order valence-corrected chi connectivity index (χ2v) is 7.19. The highest BCUT2D eigenvalue weighted by Crippen LogP contribution is 2.39. The number of hydrogen-bond acceptors (Lipinski definition) is 2. The maximum atomic E-state index is 13.5. The van der Waals surface area contributed by atoms with Crippen LogP contribution in [0.2, 0.25) is 0 Å². The van der Waals surface area contributed by atoms with Crippen LogP contribution in [0.15, 0.2) is 24.3 Å². The monoisotopic (exact) mass is 290 g/mol. The van der Waals surface area contributed by atoms with Gasteiger partial charge in [-0.2, -0.15) is 0 Å². The first-order valence-electron chi connectivity index (χ1n) is 8.30. The van der Waals surface area contributed by atoms with Crippen molar-refractivity contribution in [3.05, 3.63) is 35.6 Å². The van der Waals surface area contributed by atoms with Crippen LogP contribution in [0.5, 0.6) is 0 Å². The Morgan fingerprint density at radius 3 is 2.71 bits per heavy atom. The van der Waals surface area contributed by atoms with Crippen LogP contribution in [0, 0.1) is 5.82 Å². The average molecular weight is 290 g/mol. The number of piperazine rings is 1. The Hall–Kier alpha value is -0.930. The molecule has 2 aliphatic rings. The van der Waals surface area contributed by atoms with Gasteiger partial charge in [0, 0.05) is 30.7 Å². The van der Waals surface area contributed by atoms with Gasteiger partial charge in [0.1, 0.15) is 5.82 Å². The number of benzene rings is 1. The van der Waals surface area contributed by atoms with Gasteiger partial charge < -0.3 is 5.32 Å². The third kappa shape index (κ3) is 3.00. The topological polar surface area (TPSA) is 15.3 Å². The van der Waals surface area contributed by atoms with E-state index in [-0.39, 0.29) is 11.4 Å². The first kappa shape index (κ1) is 15.0. The summed E-state index contributed by atoms with van der Waals surface area (Å²) in [7, 11) is 0. The summed E-state index contributed by atoms with van der Waals surface area (Å²) in [6.07, 6.45) is 6.32. The molecular weight excluding hydrogens is 263 g/mol. The minimum absolute atomic E-state index is 0.124. The molecule has 1 unspecified atom stereocenters. The van der Waals surface area contributed by atoms with Crippen molar-refractivity contribution in [2.45, 2.75) is 63.6 Å². The highest BCUT2D eigenvalue weighted by atomic mass is 19.1. The van der Waals surface area contributed by atoms with Gasteiger partial charge in [-0.15, -0.1) is 0 Å². The van der Waals surface area contributed by atoms with Crippen LogP contribution in [0.3, 0.4) is 0 Å². The molecule has 1 atom stereocenters. The van der Waals surface area contributed by atoms with Gasteiger partial charge in [-0.05, 0) is 43.9 Å². The molecule has 1 aliphatic carbocycles. The zero-order valence-electron chi connectivity index (χ0n) is 13.3. The molecule has 1 aliphatic heterocycles. The van der Waals surface area contributed by atoms with Gasteiger partial charge in [-0.3, -0.25) is 4.90 Å². The van der Waals surface area contributed by atoms with Gasteiger partial charge in [0.15, 0.2) is 0 Å². The van der Waals surface area contributed by atoms with E-state index in [0.29, 0.717) is 5.54 Å². The van der Waals surface area contributed by atoms with E-state index in [1.807, 2.05) is 6.07 Å². The number of nitrogens with one attached hydrogen (secondary N) is 1. The van der Waals surface area contributed by atoms with Crippen LogP contribution >= 0.6 is 0 Å². The van der Waals surface area contributed by atoms with Gasteiger partial charge >= 0.3 is 0 Å². The molecule has 1 saturated carbocycles. The number of hydrogen-bond donors (Lipinski definition) is 1. The Kier molecular flexibility index (Phi) is 4.06. The second kappa shape index (κ2) is 5.69. The fourth-order valence-corrected chi connectivity index (χ4v) is 3.98. The van der Waals surface area contributed by atoms with E-state index in [1.54, 1.807) is 6.07 Å². The molecule has 0 amide bonds. The number of halogens is 1. The van der Waals surface area contributed by atoms with Crippen LogP contribution in [-0.4, -0.2) is 29.1 Å². The van der Waals surface area contributed by atoms with Crippen LogP contribution in [-0.2, 0) is 6.54 Å². The lowest BCUT2D eigenvalue weighted by atomic mass is 9.84. The minimum atomic E-state index is -0.124. The third-order valence-corrected chi connectivity index (χ3v) is 5.63. The molecule has 1 spiro atoms. The van der Waals surface area contributed by atoms with Crippen LogP contribution in [0.25, 0.3) is 0 Å². The van der Waals surface area contributed by atoms with E-state index >= 15 is 0 Å². The van der Waals surface area contributed by atoms with Crippen molar-refractivity contribution in [2.24, 2.45) is 0 Å². The normalized spacial score (nSPS) is 29.1. The summed E-state index contributed by atoms with van der Waals surface area (Å²) in [6, 6.07) is 7.10. The maximum absolute atomic E-state index is 13.5. The lowest BCUT2D eigenvalue weighted by Crippen LogP contribution is -2.67. The fraction of sp³-hybridized carbons (Fsp3) is 0.667. The van der Waals surface area contributed by atoms with Gasteiger partial charge in [0.2, 0.25) is 0 Å². The molecule has 0 radical (unpaired) electrons. The fourth-order valence-electron chi connectivity index (χ4n) is 3.98. The maximum Gasteiger partial charge on any atom is 0.123 e. The van der Waals surface area contributed by atoms with Gasteiger partial charge in [-0.25, -0.2) is 4.39 Å². The molecule has 1 heterocycles. The van der Waals surface area contributed by atoms with Crippen molar-refractivity contribution in [1.29, 1.82) is 0 Å². The molecule has 2 fully saturated rings. The Morgan fingerprint density at radius 1 is 1.29 bits per heavy atom. The van der Waals surface area contributed by atoms with Crippen molar-refractivity contribution in [1.82, 2.24) is 10.2 Å². The van der Waals surface area contributed by atoms with Crippen molar-refractivity contribution < 1.29 is 4.39 Å². The zero-order chi connectivity index (χ0) is 14.9. The number of rotatable bonds is 3. The smallest absolute Gasteiger partial charge is 0.123 e. The lowest BCUT2D eigenvalue weighted by Gasteiger charge is -2.52. The van der Waals surface area contributed by atoms with E-state index < -0.39 is 0 Å². The summed E-state index contributed by atoms with van der Waals surface area (Å²) >= 11 is 0. The van der Waals surface area contributed by atoms with E-state index in [2.05, 4.69) is 30.1 Å². The summed E-state index contributed by atoms with van der Waals surface area (Å²) in [5, 5.41) is 3.79. The molecule has 3 heteroatoms. The molecule has 1 aromatic rings. The van der Waals surface area contributed by atoms with Crippen LogP contribution < -0.4 is 5.32 Å². The predicted octanol–water partition coefficient (Wildman–Crippen LogP) is 3.71. The molecular formula is C18H27FN2. The average Bonchev–Trinajstić information content (AvgIpc) is 2.94. The first-order chi connectivity index (χ1) is 10.1. The Labute approximate surface area is 127 Å². The predicted molar refractivity (Wildman–Crippen MR) is 84.7 cm³/mol. The van der Waals surface area contributed by atoms with Gasteiger partial charge in [-0.1, -0.05) is 31.9 Å². The van der Waals surface area contributed by atoms with Crippen molar-refractivity contribution in [3.63, 3.8) is 0 Å². The van der Waals surface area contributed by atoms with Crippen molar-refractivity contribution in [3.8, 4) is 0 Å². The zero-order valence-corrected chi connectivity index (χ0v) is 13.3. The Morgan fingerprint density at radius 2 is 2.05 bits per heavy atom. The van der Waals surface area contributed by atoms with Gasteiger partial charge in [0.05, 0.1) is 0 Å². The summed E-state index contributed by atoms with van der Waals surface area (Å²) in [5.41, 5.74) is 1.57. The molecule has 1 aromatic carbocycles. The molecule has 3 rings (SSSR count). The summed E-state index contributed by atoms with van der Waals surface area (Å²) in [5.74, 6) is -0.124. The molecule has 21 heavy (non-hydrogen) atoms. The molecule has 2 nitrogen and oxygen atoms in total. The van der Waals surface area contributed by atoms with E-state index in [9.17, 15) is 4.39 Å². The van der Waals surface area contributed by atoms with Crippen molar-refractivity contribution in [2.75, 3.05) is 13.1 Å². The molecule has 116 valence electrons. The summed E-state index contributed by atoms with van der Waals surface area (Å²) in [6.45, 7) is 7.56. The van der Waals surface area contributed by atoms with Crippen LogP contribution in [0.4, 0.5) is 4.39 Å². The molecule has 0 bridgehead atoms. The van der Waals surface area contributed by atoms with Gasteiger partial charge in [0.25, 0.3) is 0 Å². The Bertz CT molecular complexity index is 496. The van der Waals surface area contributed by atoms with E-state index in [1.165, 1.54) is 31.7 Å². The largest absolute Gasteiger partial charge is 0.308 e. The lowest BCUT2D eigenvalue weighted by molar-refractivity contribution is 0.00527. The minimum Gasteiger partial charge on any atom is -0.308 e. The second-order valence-electron chi connectivity index (χ2n) is 7.19. The quantitative estimate of drug-likeness (QED) is 0.913. The first-order valence-corrected chi connectivity index (χ1v) is 8.30. The number of nitrogens with zero attached hydrogens (tertiary/aromatic N) is 1. The van der Waals surface area contributed by atoms with E-state index in [0.717, 1.165) is 31.6 Å². The highest BCUT2D eigenvalue weighted by molar-refractivity contribution is 5.18. The summed E-state index contributed by atoms with van der Waals surface area (Å²) in [4.78, 5) is 2.63. The van der Waals surface area contributed by atoms with E-state index in [4.69, 9.17) is 0 Å². The SMILES string of the molecule is CCC1(C)CN(Cc2cccc(F)c2)C2(CCCC2)CN1.